The first-order chi connectivity index (χ1) is 9.28. The van der Waals surface area contributed by atoms with E-state index in [0.29, 0.717) is 5.69 Å². The zero-order chi connectivity index (χ0) is 15.0. The standard InChI is InChI=1S/C14H22N2O3S/c1-13(2,11(17)18)10-8-20-12(15-10)16-7-5-6-14(3,9-16)19-4/h8H,5-7,9H2,1-4H3,(H,17,18). The Hall–Kier alpha value is -1.14. The van der Waals surface area contributed by atoms with E-state index < -0.39 is 11.4 Å². The Kier molecular flexibility index (Phi) is 4.07. The van der Waals surface area contributed by atoms with E-state index in [4.69, 9.17) is 4.74 Å². The quantitative estimate of drug-likeness (QED) is 0.925. The highest BCUT2D eigenvalue weighted by atomic mass is 32.1. The van der Waals surface area contributed by atoms with Gasteiger partial charge in [-0.1, -0.05) is 0 Å². The van der Waals surface area contributed by atoms with Gasteiger partial charge in [0.2, 0.25) is 0 Å². The van der Waals surface area contributed by atoms with Crippen LogP contribution in [0.25, 0.3) is 0 Å². The van der Waals surface area contributed by atoms with Crippen molar-refractivity contribution in [2.24, 2.45) is 0 Å². The van der Waals surface area contributed by atoms with Crippen molar-refractivity contribution < 1.29 is 14.6 Å². The highest BCUT2D eigenvalue weighted by Crippen LogP contribution is 2.33. The van der Waals surface area contributed by atoms with Crippen LogP contribution in [0.1, 0.15) is 39.3 Å². The third-order valence-electron chi connectivity index (χ3n) is 4.09. The van der Waals surface area contributed by atoms with Gasteiger partial charge in [-0.05, 0) is 33.6 Å². The van der Waals surface area contributed by atoms with Crippen molar-refractivity contribution in [1.29, 1.82) is 0 Å². The predicted molar refractivity (Wildman–Crippen MR) is 79.6 cm³/mol. The van der Waals surface area contributed by atoms with E-state index in [9.17, 15) is 9.90 Å². The fourth-order valence-electron chi connectivity index (χ4n) is 2.34. The first-order valence-corrected chi connectivity index (χ1v) is 7.66. The molecule has 6 heteroatoms. The third-order valence-corrected chi connectivity index (χ3v) is 4.99. The molecular weight excluding hydrogens is 276 g/mol. The lowest BCUT2D eigenvalue weighted by Gasteiger charge is -2.39. The number of aromatic nitrogens is 1. The maximum atomic E-state index is 11.3. The largest absolute Gasteiger partial charge is 0.481 e. The van der Waals surface area contributed by atoms with Crippen LogP contribution in [0.4, 0.5) is 5.13 Å². The molecule has 1 unspecified atom stereocenters. The van der Waals surface area contributed by atoms with Crippen LogP contribution in [-0.2, 0) is 14.9 Å². The van der Waals surface area contributed by atoms with Gasteiger partial charge < -0.3 is 14.7 Å². The highest BCUT2D eigenvalue weighted by molar-refractivity contribution is 7.13. The van der Waals surface area contributed by atoms with Crippen molar-refractivity contribution >= 4 is 22.4 Å². The van der Waals surface area contributed by atoms with E-state index in [1.165, 1.54) is 11.3 Å². The van der Waals surface area contributed by atoms with Crippen LogP contribution < -0.4 is 4.90 Å². The molecule has 2 rings (SSSR count). The minimum absolute atomic E-state index is 0.146. The molecular formula is C14H22N2O3S. The first-order valence-electron chi connectivity index (χ1n) is 6.78. The molecule has 1 saturated heterocycles. The van der Waals surface area contributed by atoms with Crippen LogP contribution in [0.5, 0.6) is 0 Å². The molecule has 20 heavy (non-hydrogen) atoms. The number of piperidine rings is 1. The second-order valence-electron chi connectivity index (χ2n) is 6.12. The Labute approximate surface area is 123 Å². The highest BCUT2D eigenvalue weighted by Gasteiger charge is 2.35. The Balaban J connectivity index is 2.19. The summed E-state index contributed by atoms with van der Waals surface area (Å²) < 4.78 is 5.58. The average Bonchev–Trinajstić information content (AvgIpc) is 2.89. The Morgan fingerprint density at radius 1 is 1.60 bits per heavy atom. The number of carboxylic acid groups (broad SMARTS) is 1. The van der Waals surface area contributed by atoms with Gasteiger partial charge in [0.05, 0.1) is 11.3 Å². The van der Waals surface area contributed by atoms with Gasteiger partial charge in [-0.25, -0.2) is 4.98 Å². The van der Waals surface area contributed by atoms with Crippen molar-refractivity contribution in [3.63, 3.8) is 0 Å². The summed E-state index contributed by atoms with van der Waals surface area (Å²) in [5.74, 6) is -0.852. The predicted octanol–water partition coefficient (Wildman–Crippen LogP) is 2.51. The van der Waals surface area contributed by atoms with Gasteiger partial charge in [-0.2, -0.15) is 0 Å². The van der Waals surface area contributed by atoms with Crippen molar-refractivity contribution in [2.75, 3.05) is 25.1 Å². The maximum Gasteiger partial charge on any atom is 0.315 e. The summed E-state index contributed by atoms with van der Waals surface area (Å²) in [6.07, 6.45) is 2.10. The molecule has 1 fully saturated rings. The molecule has 1 aromatic rings. The second kappa shape index (κ2) is 5.33. The molecule has 2 heterocycles. The van der Waals surface area contributed by atoms with Crippen LogP contribution in [-0.4, -0.2) is 41.9 Å². The molecule has 0 radical (unpaired) electrons. The summed E-state index contributed by atoms with van der Waals surface area (Å²) in [6, 6.07) is 0. The molecule has 0 aliphatic carbocycles. The molecule has 0 bridgehead atoms. The summed E-state index contributed by atoms with van der Waals surface area (Å²) >= 11 is 1.51. The van der Waals surface area contributed by atoms with Gasteiger partial charge in [-0.3, -0.25) is 4.79 Å². The first kappa shape index (κ1) is 15.3. The van der Waals surface area contributed by atoms with Crippen LogP contribution in [0, 0.1) is 0 Å². The van der Waals surface area contributed by atoms with Crippen molar-refractivity contribution in [1.82, 2.24) is 4.98 Å². The van der Waals surface area contributed by atoms with Gasteiger partial charge >= 0.3 is 5.97 Å². The Morgan fingerprint density at radius 3 is 2.90 bits per heavy atom. The molecule has 0 aromatic carbocycles. The fraction of sp³-hybridized carbons (Fsp3) is 0.714. The number of rotatable bonds is 4. The summed E-state index contributed by atoms with van der Waals surface area (Å²) in [5, 5.41) is 12.0. The van der Waals surface area contributed by atoms with E-state index in [-0.39, 0.29) is 5.60 Å². The number of carbonyl (C=O) groups is 1. The number of methoxy groups -OCH3 is 1. The molecule has 0 amide bonds. The summed E-state index contributed by atoms with van der Waals surface area (Å²) in [5.41, 5.74) is -0.476. The Bertz CT molecular complexity index is 500. The smallest absolute Gasteiger partial charge is 0.315 e. The zero-order valence-corrected chi connectivity index (χ0v) is 13.3. The minimum atomic E-state index is -0.949. The summed E-state index contributed by atoms with van der Waals surface area (Å²) in [6.45, 7) is 7.21. The molecule has 112 valence electrons. The van der Waals surface area contributed by atoms with Gasteiger partial charge in [0.15, 0.2) is 5.13 Å². The Morgan fingerprint density at radius 2 is 2.30 bits per heavy atom. The topological polar surface area (TPSA) is 62.7 Å². The number of hydrogen-bond acceptors (Lipinski definition) is 5. The number of aliphatic carboxylic acids is 1. The van der Waals surface area contributed by atoms with E-state index in [1.807, 2.05) is 5.38 Å². The van der Waals surface area contributed by atoms with Gasteiger partial charge in [0.25, 0.3) is 0 Å². The lowest BCUT2D eigenvalue weighted by atomic mass is 9.90. The van der Waals surface area contributed by atoms with Crippen LogP contribution >= 0.6 is 11.3 Å². The SMILES string of the molecule is COC1(C)CCCN(c2nc(C(C)(C)C(=O)O)cs2)C1. The molecule has 1 atom stereocenters. The molecule has 5 nitrogen and oxygen atoms in total. The number of hydrogen-bond donors (Lipinski definition) is 1. The summed E-state index contributed by atoms with van der Waals surface area (Å²) in [7, 11) is 1.74. The van der Waals surface area contributed by atoms with E-state index in [2.05, 4.69) is 16.8 Å². The van der Waals surface area contributed by atoms with Crippen LogP contribution in [0.2, 0.25) is 0 Å². The van der Waals surface area contributed by atoms with Crippen LogP contribution in [0.15, 0.2) is 5.38 Å². The number of nitrogens with zero attached hydrogens (tertiary/aromatic N) is 2. The summed E-state index contributed by atoms with van der Waals surface area (Å²) in [4.78, 5) is 18.0. The van der Waals surface area contributed by atoms with Crippen molar-refractivity contribution in [3.05, 3.63) is 11.1 Å². The van der Waals surface area contributed by atoms with Crippen molar-refractivity contribution in [3.8, 4) is 0 Å². The van der Waals surface area contributed by atoms with Gasteiger partial charge in [0.1, 0.15) is 5.41 Å². The lowest BCUT2D eigenvalue weighted by molar-refractivity contribution is -0.142. The van der Waals surface area contributed by atoms with E-state index >= 15 is 0 Å². The maximum absolute atomic E-state index is 11.3. The van der Waals surface area contributed by atoms with Gasteiger partial charge in [0, 0.05) is 25.6 Å². The molecule has 0 saturated carbocycles. The monoisotopic (exact) mass is 298 g/mol. The zero-order valence-electron chi connectivity index (χ0n) is 12.5. The molecule has 1 aliphatic heterocycles. The third kappa shape index (κ3) is 2.81. The normalized spacial score (nSPS) is 23.9. The molecule has 1 aliphatic rings. The number of ether oxygens (including phenoxy) is 1. The number of anilines is 1. The minimum Gasteiger partial charge on any atom is -0.481 e. The van der Waals surface area contributed by atoms with E-state index in [0.717, 1.165) is 31.1 Å². The average molecular weight is 298 g/mol. The molecule has 1 aromatic heterocycles. The van der Waals surface area contributed by atoms with E-state index in [1.54, 1.807) is 21.0 Å². The fourth-order valence-corrected chi connectivity index (χ4v) is 3.36. The number of thiazole rings is 1. The lowest BCUT2D eigenvalue weighted by Crippen LogP contribution is -2.47. The number of carboxylic acids is 1. The van der Waals surface area contributed by atoms with Crippen molar-refractivity contribution in [2.45, 2.75) is 44.6 Å². The van der Waals surface area contributed by atoms with Gasteiger partial charge in [-0.15, -0.1) is 11.3 Å². The second-order valence-corrected chi connectivity index (χ2v) is 6.96. The van der Waals surface area contributed by atoms with Crippen LogP contribution in [0.3, 0.4) is 0 Å². The molecule has 0 spiro atoms. The molecule has 1 N–H and O–H groups in total.